The van der Waals surface area contributed by atoms with Gasteiger partial charge in [-0.2, -0.15) is 13.2 Å². The predicted octanol–water partition coefficient (Wildman–Crippen LogP) is 10.1. The van der Waals surface area contributed by atoms with Gasteiger partial charge >= 0.3 is 24.2 Å². The van der Waals surface area contributed by atoms with Crippen molar-refractivity contribution in [2.75, 3.05) is 40.9 Å². The number of hydrogen-bond donors (Lipinski definition) is 0. The minimum atomic E-state index is -4.79. The summed E-state index contributed by atoms with van der Waals surface area (Å²) in [6, 6.07) is 8.23. The minimum absolute atomic E-state index is 0.203. The Labute approximate surface area is 315 Å². The highest BCUT2D eigenvalue weighted by Gasteiger charge is 2.43. The van der Waals surface area contributed by atoms with Crippen LogP contribution >= 0.6 is 11.8 Å². The number of fused-ring (bicyclic) bond motifs is 2. The standard InChI is InChI=1S/C40H54F3N3O6S/c1-37(2,3)50-34(47)25-12-10-18-44(20-16-25)27-14-15-30-31(23-27)53-32-24-28(45-19-11-13-26(17-21-45)35(48)51-38(4,5)6)22-29(40(41,42)43)33(32)46(30)36(49)52-39(7,8)9/h14-15,22-26H,10-13,16-21H2,1-9H3. The second-order valence-electron chi connectivity index (χ2n) is 17.2. The lowest BCUT2D eigenvalue weighted by atomic mass is 10.0. The molecule has 0 bridgehead atoms. The van der Waals surface area contributed by atoms with Crippen LogP contribution in [0.25, 0.3) is 0 Å². The smallest absolute Gasteiger partial charge is 0.419 e. The third-order valence-corrected chi connectivity index (χ3v) is 10.3. The van der Waals surface area contributed by atoms with Gasteiger partial charge in [0.2, 0.25) is 0 Å². The summed E-state index contributed by atoms with van der Waals surface area (Å²) in [5, 5.41) is 0. The molecular formula is C40H54F3N3O6S. The Kier molecular flexibility index (Phi) is 11.7. The number of esters is 2. The van der Waals surface area contributed by atoms with Crippen LogP contribution < -0.4 is 14.7 Å². The largest absolute Gasteiger partial charge is 0.460 e. The number of halogens is 3. The van der Waals surface area contributed by atoms with Gasteiger partial charge in [-0.25, -0.2) is 9.69 Å². The van der Waals surface area contributed by atoms with Gasteiger partial charge in [0.25, 0.3) is 0 Å². The molecule has 292 valence electrons. The second-order valence-corrected chi connectivity index (χ2v) is 18.3. The van der Waals surface area contributed by atoms with Gasteiger partial charge in [-0.1, -0.05) is 11.8 Å². The number of amides is 1. The zero-order valence-corrected chi connectivity index (χ0v) is 33.3. The summed E-state index contributed by atoms with van der Waals surface area (Å²) >= 11 is 1.19. The zero-order chi connectivity index (χ0) is 39.1. The van der Waals surface area contributed by atoms with Crippen LogP contribution in [-0.2, 0) is 30.0 Å². The summed E-state index contributed by atoms with van der Waals surface area (Å²) in [5.41, 5.74) is -1.85. The first-order chi connectivity index (χ1) is 24.5. The third kappa shape index (κ3) is 10.3. The van der Waals surface area contributed by atoms with Crippen molar-refractivity contribution in [3.8, 4) is 0 Å². The van der Waals surface area contributed by atoms with Crippen molar-refractivity contribution in [2.24, 2.45) is 11.8 Å². The highest BCUT2D eigenvalue weighted by molar-refractivity contribution is 7.99. The lowest BCUT2D eigenvalue weighted by Gasteiger charge is -2.36. The molecule has 5 rings (SSSR count). The second kappa shape index (κ2) is 15.3. The average molecular weight is 762 g/mol. The number of carbonyl (C=O) groups excluding carboxylic acids is 3. The summed E-state index contributed by atoms with van der Waals surface area (Å²) in [5.74, 6) is -1.06. The molecule has 2 saturated heterocycles. The number of rotatable bonds is 4. The molecule has 3 heterocycles. The molecule has 2 aromatic rings. The normalized spacial score (nSPS) is 20.1. The van der Waals surface area contributed by atoms with Crippen molar-refractivity contribution < 1.29 is 41.8 Å². The van der Waals surface area contributed by atoms with Crippen molar-refractivity contribution in [3.63, 3.8) is 0 Å². The monoisotopic (exact) mass is 761 g/mol. The van der Waals surface area contributed by atoms with Crippen molar-refractivity contribution in [3.05, 3.63) is 35.9 Å². The van der Waals surface area contributed by atoms with Gasteiger partial charge in [-0.3, -0.25) is 9.59 Å². The van der Waals surface area contributed by atoms with E-state index in [2.05, 4.69) is 4.90 Å². The number of carbonyl (C=O) groups is 3. The van der Waals surface area contributed by atoms with E-state index in [1.165, 1.54) is 11.8 Å². The first kappa shape index (κ1) is 40.6. The molecule has 3 aliphatic rings. The van der Waals surface area contributed by atoms with Crippen LogP contribution in [0, 0.1) is 11.8 Å². The van der Waals surface area contributed by atoms with E-state index in [1.54, 1.807) is 32.9 Å². The Bertz CT molecular complexity index is 1690. The molecule has 0 aromatic heterocycles. The molecule has 53 heavy (non-hydrogen) atoms. The zero-order valence-electron chi connectivity index (χ0n) is 32.4. The number of benzene rings is 2. The highest BCUT2D eigenvalue weighted by atomic mass is 32.2. The molecule has 0 aliphatic carbocycles. The number of alkyl halides is 3. The molecular weight excluding hydrogens is 708 g/mol. The maximum Gasteiger partial charge on any atom is 0.419 e. The first-order valence-corrected chi connectivity index (χ1v) is 19.4. The molecule has 13 heteroatoms. The van der Waals surface area contributed by atoms with Crippen LogP contribution in [0.2, 0.25) is 0 Å². The molecule has 0 radical (unpaired) electrons. The van der Waals surface area contributed by atoms with E-state index in [9.17, 15) is 14.4 Å². The summed E-state index contributed by atoms with van der Waals surface area (Å²) in [6.07, 6.45) is -2.00. The molecule has 2 aromatic carbocycles. The van der Waals surface area contributed by atoms with Crippen LogP contribution in [-0.4, -0.2) is 61.0 Å². The number of nitrogens with zero attached hydrogens (tertiary/aromatic N) is 3. The summed E-state index contributed by atoms with van der Waals surface area (Å²) in [7, 11) is 0. The fraction of sp³-hybridized carbons (Fsp3) is 0.625. The topological polar surface area (TPSA) is 88.6 Å². The predicted molar refractivity (Wildman–Crippen MR) is 201 cm³/mol. The Morgan fingerprint density at radius 1 is 0.642 bits per heavy atom. The van der Waals surface area contributed by atoms with Crippen molar-refractivity contribution in [1.29, 1.82) is 0 Å². The lowest BCUT2D eigenvalue weighted by molar-refractivity contribution is -0.161. The third-order valence-electron chi connectivity index (χ3n) is 9.24. The number of anilines is 4. The van der Waals surface area contributed by atoms with Crippen LogP contribution in [0.15, 0.2) is 40.1 Å². The van der Waals surface area contributed by atoms with Crippen molar-refractivity contribution >= 4 is 52.5 Å². The summed E-state index contributed by atoms with van der Waals surface area (Å²) in [6.45, 7) is 18.2. The summed E-state index contributed by atoms with van der Waals surface area (Å²) in [4.78, 5) is 45.7. The van der Waals surface area contributed by atoms with Gasteiger partial charge < -0.3 is 24.0 Å². The van der Waals surface area contributed by atoms with Gasteiger partial charge in [0.15, 0.2) is 0 Å². The minimum Gasteiger partial charge on any atom is -0.460 e. The lowest BCUT2D eigenvalue weighted by Crippen LogP contribution is -2.36. The molecule has 3 aliphatic heterocycles. The molecule has 2 unspecified atom stereocenters. The highest BCUT2D eigenvalue weighted by Crippen LogP contribution is 2.55. The number of ether oxygens (including phenoxy) is 3. The maximum absolute atomic E-state index is 15.1. The Morgan fingerprint density at radius 3 is 1.62 bits per heavy atom. The SMILES string of the molecule is CC(C)(C)OC(=O)C1CCCN(c2ccc3c(c2)Sc2cc(N4CCCC(C(=O)OC(C)(C)C)CC4)cc(C(F)(F)F)c2N3C(=O)OC(C)(C)C)CC1. The van der Waals surface area contributed by atoms with Gasteiger partial charge in [0.05, 0.1) is 28.8 Å². The number of hydrogen-bond acceptors (Lipinski definition) is 9. The molecule has 9 nitrogen and oxygen atoms in total. The van der Waals surface area contributed by atoms with Crippen LogP contribution in [0.5, 0.6) is 0 Å². The fourth-order valence-electron chi connectivity index (χ4n) is 6.95. The average Bonchev–Trinajstić information content (AvgIpc) is 3.42. The Balaban J connectivity index is 1.50. The van der Waals surface area contributed by atoms with Gasteiger partial charge in [-0.15, -0.1) is 0 Å². The van der Waals surface area contributed by atoms with Gasteiger partial charge in [-0.05, 0) is 131 Å². The van der Waals surface area contributed by atoms with E-state index in [1.807, 2.05) is 58.6 Å². The van der Waals surface area contributed by atoms with E-state index >= 15 is 13.2 Å². The van der Waals surface area contributed by atoms with E-state index in [4.69, 9.17) is 14.2 Å². The van der Waals surface area contributed by atoms with Crippen LogP contribution in [0.3, 0.4) is 0 Å². The van der Waals surface area contributed by atoms with Crippen molar-refractivity contribution in [2.45, 2.75) is 134 Å². The van der Waals surface area contributed by atoms with Gasteiger partial charge in [0, 0.05) is 47.3 Å². The fourth-order valence-corrected chi connectivity index (χ4v) is 8.11. The van der Waals surface area contributed by atoms with Gasteiger partial charge in [0.1, 0.15) is 16.8 Å². The maximum atomic E-state index is 15.1. The quantitative estimate of drug-likeness (QED) is 0.223. The van der Waals surface area contributed by atoms with E-state index in [0.29, 0.717) is 74.6 Å². The first-order valence-electron chi connectivity index (χ1n) is 18.5. The van der Waals surface area contributed by atoms with E-state index in [-0.39, 0.29) is 34.4 Å². The van der Waals surface area contributed by atoms with Crippen LogP contribution in [0.1, 0.15) is 106 Å². The Morgan fingerprint density at radius 2 is 1.13 bits per heavy atom. The van der Waals surface area contributed by atoms with E-state index in [0.717, 1.165) is 23.1 Å². The Hall–Kier alpha value is -3.61. The molecule has 0 spiro atoms. The molecule has 2 fully saturated rings. The molecule has 0 N–H and O–H groups in total. The molecule has 0 saturated carbocycles. The molecule has 1 amide bonds. The van der Waals surface area contributed by atoms with E-state index < -0.39 is 34.6 Å². The summed E-state index contributed by atoms with van der Waals surface area (Å²) < 4.78 is 62.3. The van der Waals surface area contributed by atoms with Crippen molar-refractivity contribution in [1.82, 2.24) is 0 Å². The molecule has 2 atom stereocenters. The van der Waals surface area contributed by atoms with Crippen LogP contribution in [0.4, 0.5) is 40.7 Å².